The Labute approximate surface area is 36.1 Å². The van der Waals surface area contributed by atoms with Gasteiger partial charge in [-0.2, -0.15) is 10.3 Å². The molecule has 0 aliphatic rings. The lowest BCUT2D eigenvalue weighted by atomic mass is 10.7. The van der Waals surface area contributed by atoms with Crippen LogP contribution in [0.25, 0.3) is 0 Å². The lowest BCUT2D eigenvalue weighted by Gasteiger charge is -1.70. The van der Waals surface area contributed by atoms with Crippen molar-refractivity contribution in [3.05, 3.63) is 0 Å². The van der Waals surface area contributed by atoms with E-state index in [1.807, 2.05) is 0 Å². The Morgan fingerprint density at radius 1 is 2.00 bits per heavy atom. The molecule has 0 atom stereocenters. The summed E-state index contributed by atoms with van der Waals surface area (Å²) in [5, 5.41) is 7.68. The molecule has 3 heteroatoms. The van der Waals surface area contributed by atoms with Gasteiger partial charge in [0, 0.05) is 0 Å². The van der Waals surface area contributed by atoms with Crippen molar-refractivity contribution in [2.45, 2.75) is 6.92 Å². The molecule has 1 N–H and O–H groups in total. The quantitative estimate of drug-likeness (QED) is 0.233. The summed E-state index contributed by atoms with van der Waals surface area (Å²) >= 11 is 0. The number of hydrogen-bond donors (Lipinski definition) is 0. The Bertz CT molecular complexity index is 93.1. The lowest BCUT2D eigenvalue weighted by molar-refractivity contribution is 1.39. The van der Waals surface area contributed by atoms with Crippen molar-refractivity contribution in [3.8, 4) is 6.19 Å². The molecule has 0 fully saturated rings. The first-order valence-corrected chi connectivity index (χ1v) is 1.42. The van der Waals surface area contributed by atoms with Crippen LogP contribution in [0.5, 0.6) is 0 Å². The molecule has 0 rings (SSSR count). The molecule has 0 aliphatic carbocycles. The molecule has 0 aliphatic heterocycles. The van der Waals surface area contributed by atoms with Crippen LogP contribution in [0.4, 0.5) is 0 Å². The van der Waals surface area contributed by atoms with E-state index in [4.69, 9.17) is 11.0 Å². The summed E-state index contributed by atoms with van der Waals surface area (Å²) in [6, 6.07) is 0. The maximum Gasteiger partial charge on any atom is 0.207 e. The predicted octanol–water partition coefficient (Wildman–Crippen LogP) is 0.169. The van der Waals surface area contributed by atoms with E-state index >= 15 is 0 Å². The van der Waals surface area contributed by atoms with Crippen molar-refractivity contribution >= 4 is 5.84 Å². The predicted molar refractivity (Wildman–Crippen MR) is 21.8 cm³/mol. The summed E-state index contributed by atoms with van der Waals surface area (Å²) in [4.78, 5) is 3.01. The van der Waals surface area contributed by atoms with Gasteiger partial charge in [0.25, 0.3) is 0 Å². The minimum absolute atomic E-state index is 0.0532. The van der Waals surface area contributed by atoms with Crippen molar-refractivity contribution in [2.24, 2.45) is 4.99 Å². The summed E-state index contributed by atoms with van der Waals surface area (Å²) in [7, 11) is 0. The maximum atomic E-state index is 7.68. The highest BCUT2D eigenvalue weighted by Gasteiger charge is 1.69. The first-order valence-electron chi connectivity index (χ1n) is 1.42. The third-order valence-electron chi connectivity index (χ3n) is 0.218. The van der Waals surface area contributed by atoms with Crippen molar-refractivity contribution in [1.29, 1.82) is 5.26 Å². The summed E-state index contributed by atoms with van der Waals surface area (Å²) in [6.45, 7) is 1.45. The molecule has 1 radical (unpaired) electrons. The van der Waals surface area contributed by atoms with E-state index < -0.39 is 0 Å². The second-order valence-electron chi connectivity index (χ2n) is 0.797. The van der Waals surface area contributed by atoms with Gasteiger partial charge in [0.2, 0.25) is 6.19 Å². The van der Waals surface area contributed by atoms with Crippen LogP contribution in [-0.2, 0) is 0 Å². The molecule has 0 aromatic rings. The number of hydrogen-bond acceptors (Lipinski definition) is 2. The normalized spacial score (nSPS) is 10.3. The average Bonchev–Trinajstić information content (AvgIpc) is 1.35. The van der Waals surface area contributed by atoms with Crippen molar-refractivity contribution in [3.63, 3.8) is 0 Å². The molecule has 0 spiro atoms. The summed E-state index contributed by atoms with van der Waals surface area (Å²) in [5.41, 5.74) is 6.51. The van der Waals surface area contributed by atoms with E-state index in [-0.39, 0.29) is 5.84 Å². The SMILES string of the molecule is C/C([NH])=N\C#N. The van der Waals surface area contributed by atoms with E-state index in [2.05, 4.69) is 4.99 Å². The molecule has 0 unspecified atom stereocenters. The number of nitrogens with zero attached hydrogens (tertiary/aromatic N) is 2. The standard InChI is InChI=1S/C3H4N3/c1-3(5)6-2-4/h5H,1H3/b6-3+. The third kappa shape index (κ3) is 2.96. The molecule has 0 amide bonds. The van der Waals surface area contributed by atoms with Crippen LogP contribution in [-0.4, -0.2) is 5.84 Å². The Kier molecular flexibility index (Phi) is 1.83. The van der Waals surface area contributed by atoms with E-state index in [9.17, 15) is 0 Å². The smallest absolute Gasteiger partial charge is 0.207 e. The number of amidine groups is 1. The number of aliphatic imine (C=N–C) groups is 1. The molecule has 0 bridgehead atoms. The van der Waals surface area contributed by atoms with Gasteiger partial charge in [-0.05, 0) is 6.92 Å². The number of rotatable bonds is 0. The molecular weight excluding hydrogens is 78.1 g/mol. The fourth-order valence-corrected chi connectivity index (χ4v) is 0.0750. The van der Waals surface area contributed by atoms with Crippen LogP contribution in [0.1, 0.15) is 6.92 Å². The van der Waals surface area contributed by atoms with Gasteiger partial charge in [-0.3, -0.25) is 5.73 Å². The maximum absolute atomic E-state index is 7.68. The van der Waals surface area contributed by atoms with Gasteiger partial charge in [-0.25, -0.2) is 0 Å². The van der Waals surface area contributed by atoms with Crippen LogP contribution in [0.15, 0.2) is 4.99 Å². The van der Waals surface area contributed by atoms with Crippen LogP contribution >= 0.6 is 0 Å². The Morgan fingerprint density at radius 2 is 2.50 bits per heavy atom. The van der Waals surface area contributed by atoms with Gasteiger partial charge in [0.15, 0.2) is 0 Å². The van der Waals surface area contributed by atoms with Gasteiger partial charge in [0.1, 0.15) is 5.84 Å². The van der Waals surface area contributed by atoms with E-state index in [0.717, 1.165) is 0 Å². The molecule has 3 nitrogen and oxygen atoms in total. The Balaban J connectivity index is 3.51. The largest absolute Gasteiger partial charge is 0.286 e. The minimum Gasteiger partial charge on any atom is -0.286 e. The van der Waals surface area contributed by atoms with Crippen LogP contribution in [0.3, 0.4) is 0 Å². The Hall–Kier alpha value is -1.04. The van der Waals surface area contributed by atoms with E-state index in [1.54, 1.807) is 0 Å². The van der Waals surface area contributed by atoms with E-state index in [1.165, 1.54) is 13.1 Å². The van der Waals surface area contributed by atoms with Gasteiger partial charge in [-0.1, -0.05) is 0 Å². The summed E-state index contributed by atoms with van der Waals surface area (Å²) in [5.74, 6) is 0.0532. The van der Waals surface area contributed by atoms with Crippen molar-refractivity contribution in [2.75, 3.05) is 0 Å². The highest BCUT2D eigenvalue weighted by atomic mass is 14.8. The van der Waals surface area contributed by atoms with Gasteiger partial charge in [0.05, 0.1) is 0 Å². The third-order valence-corrected chi connectivity index (χ3v) is 0.218. The second kappa shape index (κ2) is 2.21. The first-order chi connectivity index (χ1) is 2.77. The summed E-state index contributed by atoms with van der Waals surface area (Å²) < 4.78 is 0. The van der Waals surface area contributed by atoms with Gasteiger partial charge in [-0.15, -0.1) is 0 Å². The highest BCUT2D eigenvalue weighted by molar-refractivity contribution is 5.77. The molecule has 0 saturated heterocycles. The molecular formula is C3H4N3. The number of nitriles is 1. The fourth-order valence-electron chi connectivity index (χ4n) is 0.0750. The highest BCUT2D eigenvalue weighted by Crippen LogP contribution is 1.60. The van der Waals surface area contributed by atoms with Crippen molar-refractivity contribution in [1.82, 2.24) is 5.73 Å². The zero-order chi connectivity index (χ0) is 4.99. The lowest BCUT2D eigenvalue weighted by Crippen LogP contribution is -1.85. The molecule has 0 heterocycles. The Morgan fingerprint density at radius 3 is 2.50 bits per heavy atom. The zero-order valence-electron chi connectivity index (χ0n) is 3.39. The van der Waals surface area contributed by atoms with Crippen LogP contribution < -0.4 is 5.73 Å². The monoisotopic (exact) mass is 82.0 g/mol. The fraction of sp³-hybridized carbons (Fsp3) is 0.333. The molecule has 0 aromatic carbocycles. The molecule has 31 valence electrons. The van der Waals surface area contributed by atoms with Crippen LogP contribution in [0.2, 0.25) is 0 Å². The van der Waals surface area contributed by atoms with Crippen LogP contribution in [0, 0.1) is 11.5 Å². The topological polar surface area (TPSA) is 59.9 Å². The minimum atomic E-state index is 0.0532. The molecule has 0 aromatic heterocycles. The number of nitrogens with one attached hydrogen (secondary N) is 1. The van der Waals surface area contributed by atoms with Gasteiger partial charge < -0.3 is 0 Å². The molecule has 0 saturated carbocycles. The van der Waals surface area contributed by atoms with Gasteiger partial charge >= 0.3 is 0 Å². The van der Waals surface area contributed by atoms with E-state index in [0.29, 0.717) is 0 Å². The van der Waals surface area contributed by atoms with Crippen molar-refractivity contribution < 1.29 is 0 Å². The zero-order valence-corrected chi connectivity index (χ0v) is 3.39. The summed E-state index contributed by atoms with van der Waals surface area (Å²) in [6.07, 6.45) is 1.47. The second-order valence-corrected chi connectivity index (χ2v) is 0.797. The first kappa shape index (κ1) is 4.96. The average molecular weight is 82.1 g/mol. The molecule has 6 heavy (non-hydrogen) atoms.